The van der Waals surface area contributed by atoms with Crippen molar-refractivity contribution in [3.63, 3.8) is 0 Å². The predicted octanol–water partition coefficient (Wildman–Crippen LogP) is 4.50. The summed E-state index contributed by atoms with van der Waals surface area (Å²) < 4.78 is 5.73. The van der Waals surface area contributed by atoms with Gasteiger partial charge in [0.1, 0.15) is 17.1 Å². The summed E-state index contributed by atoms with van der Waals surface area (Å²) in [7, 11) is 0. The van der Waals surface area contributed by atoms with Gasteiger partial charge in [0, 0.05) is 11.4 Å². The van der Waals surface area contributed by atoms with E-state index >= 15 is 0 Å². The first-order valence-electron chi connectivity index (χ1n) is 11.9. The molecule has 1 fully saturated rings. The van der Waals surface area contributed by atoms with Gasteiger partial charge in [0.15, 0.2) is 0 Å². The van der Waals surface area contributed by atoms with E-state index < -0.39 is 11.9 Å². The molecule has 3 rings (SSSR count). The number of hydrogen-bond acceptors (Lipinski definition) is 6. The third-order valence-electron chi connectivity index (χ3n) is 5.80. The largest absolute Gasteiger partial charge is 0.461 e. The molecule has 6 N–H and O–H groups in total. The Bertz CT molecular complexity index is 1060. The lowest BCUT2D eigenvalue weighted by Crippen LogP contribution is -2.40. The molecule has 0 aliphatic heterocycles. The lowest BCUT2D eigenvalue weighted by atomic mass is 10.0. The summed E-state index contributed by atoms with van der Waals surface area (Å²) in [5.41, 5.74) is 12.8. The molecule has 9 heteroatoms. The minimum Gasteiger partial charge on any atom is -0.461 e. The number of amides is 3. The second kappa shape index (κ2) is 12.5. The van der Waals surface area contributed by atoms with E-state index in [2.05, 4.69) is 24.5 Å². The number of nitrogens with one attached hydrogen (secondary N) is 2. The zero-order valence-electron chi connectivity index (χ0n) is 20.2. The maximum absolute atomic E-state index is 12.7. The highest BCUT2D eigenvalue weighted by Crippen LogP contribution is 2.29. The zero-order valence-corrected chi connectivity index (χ0v) is 21.0. The maximum atomic E-state index is 12.7. The van der Waals surface area contributed by atoms with E-state index in [4.69, 9.17) is 16.2 Å². The molecule has 0 unspecified atom stereocenters. The van der Waals surface area contributed by atoms with E-state index in [1.165, 1.54) is 11.3 Å². The van der Waals surface area contributed by atoms with E-state index in [0.29, 0.717) is 17.5 Å². The molecule has 1 aliphatic carbocycles. The Morgan fingerprint density at radius 3 is 2.40 bits per heavy atom. The van der Waals surface area contributed by atoms with Gasteiger partial charge in [-0.25, -0.2) is 4.79 Å². The zero-order chi connectivity index (χ0) is 25.4. The summed E-state index contributed by atoms with van der Waals surface area (Å²) in [5, 5.41) is 6.13. The average Bonchev–Trinajstić information content (AvgIpc) is 3.45. The van der Waals surface area contributed by atoms with Crippen LogP contribution in [0.2, 0.25) is 0 Å². The van der Waals surface area contributed by atoms with Gasteiger partial charge in [-0.05, 0) is 61.3 Å². The highest BCUT2D eigenvalue weighted by Gasteiger charge is 2.26. The van der Waals surface area contributed by atoms with Crippen LogP contribution in [0, 0.1) is 5.92 Å². The number of primary amides is 2. The molecule has 188 valence electrons. The fourth-order valence-corrected chi connectivity index (χ4v) is 5.00. The number of rotatable bonds is 11. The van der Waals surface area contributed by atoms with Crippen molar-refractivity contribution >= 4 is 46.4 Å². The van der Waals surface area contributed by atoms with E-state index in [0.717, 1.165) is 48.1 Å². The fraction of sp³-hybridized carbons (Fsp3) is 0.423. The van der Waals surface area contributed by atoms with Crippen molar-refractivity contribution in [2.24, 2.45) is 17.4 Å². The van der Waals surface area contributed by atoms with Gasteiger partial charge in [0.2, 0.25) is 0 Å². The highest BCUT2D eigenvalue weighted by molar-refractivity contribution is 7.17. The Hall–Kier alpha value is -3.17. The molecule has 1 aromatic carbocycles. The van der Waals surface area contributed by atoms with Gasteiger partial charge in [-0.1, -0.05) is 44.2 Å². The van der Waals surface area contributed by atoms with E-state index in [1.54, 1.807) is 6.07 Å². The number of urea groups is 1. The predicted molar refractivity (Wildman–Crippen MR) is 140 cm³/mol. The molecule has 35 heavy (non-hydrogen) atoms. The Kier molecular flexibility index (Phi) is 9.45. The lowest BCUT2D eigenvalue weighted by Gasteiger charge is -2.22. The van der Waals surface area contributed by atoms with Gasteiger partial charge in [-0.15, -0.1) is 11.3 Å². The number of carbonyl (C=O) groups is 3. The molecular weight excluding hydrogens is 464 g/mol. The summed E-state index contributed by atoms with van der Waals surface area (Å²) in [6.07, 6.45) is 8.73. The van der Waals surface area contributed by atoms with Crippen LogP contribution in [0.25, 0.3) is 12.2 Å². The normalized spacial score (nSPS) is 14.9. The lowest BCUT2D eigenvalue weighted by molar-refractivity contribution is -0.151. The van der Waals surface area contributed by atoms with E-state index in [1.807, 2.05) is 36.4 Å². The molecule has 1 atom stereocenters. The standard InChI is InChI=1S/C26H34N4O4S/c1-16(2)13-22(25(32)34-19-5-3-4-6-19)29-15-18-9-7-17(8-10-18)11-12-20-14-21(23(27)31)24(35-20)30-26(28)33/h7-12,14,16,19,22,29H,3-6,13,15H2,1-2H3,(H2,27,31)(H3,28,30,33)/b12-11+/t22-/m0/s1. The first-order valence-corrected chi connectivity index (χ1v) is 12.7. The summed E-state index contributed by atoms with van der Waals surface area (Å²) >= 11 is 1.22. The molecule has 1 aromatic heterocycles. The van der Waals surface area contributed by atoms with Crippen molar-refractivity contribution < 1.29 is 19.1 Å². The molecular formula is C26H34N4O4S. The Morgan fingerprint density at radius 2 is 1.80 bits per heavy atom. The van der Waals surface area contributed by atoms with Crippen LogP contribution in [0.1, 0.15) is 72.3 Å². The third-order valence-corrected chi connectivity index (χ3v) is 6.82. The SMILES string of the molecule is CC(C)C[C@H](NCc1ccc(/C=C/c2cc(C(N)=O)c(NC(N)=O)s2)cc1)C(=O)OC1CCCC1. The Morgan fingerprint density at radius 1 is 1.11 bits per heavy atom. The van der Waals surface area contributed by atoms with Gasteiger partial charge >= 0.3 is 12.0 Å². The maximum Gasteiger partial charge on any atom is 0.323 e. The monoisotopic (exact) mass is 498 g/mol. The first kappa shape index (κ1) is 26.4. The van der Waals surface area contributed by atoms with Crippen molar-refractivity contribution in [3.8, 4) is 0 Å². The van der Waals surface area contributed by atoms with Crippen molar-refractivity contribution in [2.75, 3.05) is 5.32 Å². The number of nitrogens with two attached hydrogens (primary N) is 2. The quantitative estimate of drug-likeness (QED) is 0.338. The van der Waals surface area contributed by atoms with Gasteiger partial charge in [-0.3, -0.25) is 14.9 Å². The molecule has 3 amide bonds. The molecule has 0 bridgehead atoms. The van der Waals surface area contributed by atoms with Crippen LogP contribution >= 0.6 is 11.3 Å². The van der Waals surface area contributed by atoms with Crippen LogP contribution in [0.15, 0.2) is 30.3 Å². The van der Waals surface area contributed by atoms with Crippen LogP contribution in [-0.4, -0.2) is 30.1 Å². The fourth-order valence-electron chi connectivity index (χ4n) is 4.03. The van der Waals surface area contributed by atoms with Crippen molar-refractivity contribution in [2.45, 2.75) is 64.6 Å². The molecule has 1 aliphatic rings. The molecule has 1 heterocycles. The third kappa shape index (κ3) is 8.22. The summed E-state index contributed by atoms with van der Waals surface area (Å²) in [6, 6.07) is 8.51. The van der Waals surface area contributed by atoms with Gasteiger partial charge in [0.25, 0.3) is 5.91 Å². The molecule has 2 aromatic rings. The summed E-state index contributed by atoms with van der Waals surface area (Å²) in [5.74, 6) is -0.409. The van der Waals surface area contributed by atoms with Crippen LogP contribution in [-0.2, 0) is 16.1 Å². The summed E-state index contributed by atoms with van der Waals surface area (Å²) in [4.78, 5) is 36.2. The van der Waals surface area contributed by atoms with Crippen molar-refractivity contribution in [1.29, 1.82) is 0 Å². The minimum absolute atomic E-state index is 0.0649. The van der Waals surface area contributed by atoms with Crippen molar-refractivity contribution in [1.82, 2.24) is 5.32 Å². The molecule has 1 saturated carbocycles. The molecule has 8 nitrogen and oxygen atoms in total. The van der Waals surface area contributed by atoms with E-state index in [-0.39, 0.29) is 23.7 Å². The second-order valence-electron chi connectivity index (χ2n) is 9.23. The highest BCUT2D eigenvalue weighted by atomic mass is 32.1. The van der Waals surface area contributed by atoms with Crippen LogP contribution in [0.5, 0.6) is 0 Å². The van der Waals surface area contributed by atoms with Crippen molar-refractivity contribution in [3.05, 3.63) is 51.9 Å². The van der Waals surface area contributed by atoms with E-state index in [9.17, 15) is 14.4 Å². The Balaban J connectivity index is 1.59. The number of carbonyl (C=O) groups excluding carboxylic acids is 3. The number of hydrogen-bond donors (Lipinski definition) is 4. The van der Waals surface area contributed by atoms with Gasteiger partial charge in [-0.2, -0.15) is 0 Å². The second-order valence-corrected chi connectivity index (χ2v) is 10.3. The summed E-state index contributed by atoms with van der Waals surface area (Å²) in [6.45, 7) is 4.77. The average molecular weight is 499 g/mol. The van der Waals surface area contributed by atoms with Crippen LogP contribution in [0.4, 0.5) is 9.80 Å². The number of thiophene rings is 1. The van der Waals surface area contributed by atoms with Gasteiger partial charge < -0.3 is 21.5 Å². The molecule has 0 saturated heterocycles. The Labute approximate surface area is 210 Å². The molecule has 0 spiro atoms. The smallest absolute Gasteiger partial charge is 0.323 e. The van der Waals surface area contributed by atoms with Crippen LogP contribution in [0.3, 0.4) is 0 Å². The topological polar surface area (TPSA) is 137 Å². The minimum atomic E-state index is -0.753. The number of benzene rings is 1. The number of ether oxygens (including phenoxy) is 1. The van der Waals surface area contributed by atoms with Gasteiger partial charge in [0.05, 0.1) is 5.56 Å². The molecule has 0 radical (unpaired) electrons. The van der Waals surface area contributed by atoms with Crippen LogP contribution < -0.4 is 22.1 Å². The first-order chi connectivity index (χ1) is 16.7. The number of esters is 1. The number of anilines is 1.